The van der Waals surface area contributed by atoms with E-state index in [1.807, 2.05) is 19.1 Å². The molecule has 1 rings (SSSR count). The maximum atomic E-state index is 11.6. The number of Topliss-reactive ketones (excluding diaryl/α,β-unsaturated/α-hetero) is 1. The van der Waals surface area contributed by atoms with E-state index in [1.54, 1.807) is 0 Å². The molecule has 3 heteroatoms. The first kappa shape index (κ1) is 11.7. The molecule has 0 amide bonds. The van der Waals surface area contributed by atoms with Crippen LogP contribution in [0.3, 0.4) is 0 Å². The highest BCUT2D eigenvalue weighted by Gasteiger charge is 2.06. The number of halogens is 2. The highest BCUT2D eigenvalue weighted by Crippen LogP contribution is 2.14. The van der Waals surface area contributed by atoms with Crippen molar-refractivity contribution in [1.82, 2.24) is 0 Å². The van der Waals surface area contributed by atoms with E-state index in [2.05, 4.69) is 22.0 Å². The fourth-order valence-corrected chi connectivity index (χ4v) is 1.83. The number of benzene rings is 1. The van der Waals surface area contributed by atoms with Crippen LogP contribution in [0.15, 0.2) is 18.2 Å². The van der Waals surface area contributed by atoms with E-state index in [9.17, 15) is 4.79 Å². The smallest absolute Gasteiger partial charge is 0.164 e. The van der Waals surface area contributed by atoms with Gasteiger partial charge < -0.3 is 0 Å². The lowest BCUT2D eigenvalue weighted by atomic mass is 10.0. The quantitative estimate of drug-likeness (QED) is 0.605. The largest absolute Gasteiger partial charge is 0.294 e. The van der Waals surface area contributed by atoms with Crippen LogP contribution in [0.5, 0.6) is 0 Å². The minimum atomic E-state index is 0.117. The number of ketones is 1. The third kappa shape index (κ3) is 3.10. The first-order valence-corrected chi connectivity index (χ1v) is 6.08. The molecule has 14 heavy (non-hydrogen) atoms. The number of hydrogen-bond donors (Lipinski definition) is 0. The summed E-state index contributed by atoms with van der Waals surface area (Å²) < 4.78 is 0. The summed E-state index contributed by atoms with van der Waals surface area (Å²) in [6.07, 6.45) is 0.409. The lowest BCUT2D eigenvalue weighted by Crippen LogP contribution is -2.01. The molecule has 1 nitrogen and oxygen atoms in total. The highest BCUT2D eigenvalue weighted by atomic mass is 79.9. The third-order valence-electron chi connectivity index (χ3n) is 1.93. The fraction of sp³-hybridized carbons (Fsp3) is 0.364. The maximum Gasteiger partial charge on any atom is 0.164 e. The highest BCUT2D eigenvalue weighted by molar-refractivity contribution is 9.08. The van der Waals surface area contributed by atoms with Crippen LogP contribution in [0.1, 0.15) is 27.9 Å². The molecule has 0 heterocycles. The molecule has 0 saturated heterocycles. The van der Waals surface area contributed by atoms with Gasteiger partial charge in [-0.05, 0) is 24.6 Å². The van der Waals surface area contributed by atoms with Gasteiger partial charge in [0.1, 0.15) is 0 Å². The van der Waals surface area contributed by atoms with Crippen LogP contribution in [0.4, 0.5) is 0 Å². The van der Waals surface area contributed by atoms with Gasteiger partial charge >= 0.3 is 0 Å². The molecule has 0 aliphatic carbocycles. The van der Waals surface area contributed by atoms with Crippen LogP contribution < -0.4 is 0 Å². The van der Waals surface area contributed by atoms with Crippen molar-refractivity contribution in [2.24, 2.45) is 0 Å². The maximum absolute atomic E-state index is 11.6. The molecule has 0 aliphatic heterocycles. The Labute approximate surface area is 97.6 Å². The Hall–Kier alpha value is -0.340. The first-order chi connectivity index (χ1) is 6.67. The molecule has 0 aromatic heterocycles. The van der Waals surface area contributed by atoms with Gasteiger partial charge in [-0.25, -0.2) is 0 Å². The van der Waals surface area contributed by atoms with Crippen molar-refractivity contribution in [3.8, 4) is 0 Å². The van der Waals surface area contributed by atoms with E-state index in [4.69, 9.17) is 11.6 Å². The fourth-order valence-electron chi connectivity index (χ4n) is 1.33. The van der Waals surface area contributed by atoms with Gasteiger partial charge in [0.15, 0.2) is 5.78 Å². The van der Waals surface area contributed by atoms with E-state index in [-0.39, 0.29) is 5.78 Å². The van der Waals surface area contributed by atoms with Crippen LogP contribution in [-0.2, 0) is 5.33 Å². The lowest BCUT2D eigenvalue weighted by Gasteiger charge is -2.03. The average Bonchev–Trinajstić information content (AvgIpc) is 2.17. The zero-order valence-electron chi connectivity index (χ0n) is 8.02. The Morgan fingerprint density at radius 2 is 2.14 bits per heavy atom. The van der Waals surface area contributed by atoms with Crippen molar-refractivity contribution in [2.45, 2.75) is 18.7 Å². The Bertz CT molecular complexity index is 336. The summed E-state index contributed by atoms with van der Waals surface area (Å²) in [5.74, 6) is 0.502. The van der Waals surface area contributed by atoms with Gasteiger partial charge in [0.05, 0.1) is 0 Å². The summed E-state index contributed by atoms with van der Waals surface area (Å²) in [4.78, 5) is 11.6. The van der Waals surface area contributed by atoms with Gasteiger partial charge in [0.2, 0.25) is 0 Å². The van der Waals surface area contributed by atoms with E-state index >= 15 is 0 Å². The van der Waals surface area contributed by atoms with Crippen molar-refractivity contribution in [2.75, 3.05) is 5.88 Å². The monoisotopic (exact) mass is 274 g/mol. The summed E-state index contributed by atoms with van der Waals surface area (Å²) in [6.45, 7) is 1.99. The first-order valence-electron chi connectivity index (χ1n) is 4.43. The van der Waals surface area contributed by atoms with Gasteiger partial charge in [0, 0.05) is 23.2 Å². The molecule has 0 aliphatic rings. The number of carbonyl (C=O) groups is 1. The molecule has 0 bridgehead atoms. The predicted molar refractivity (Wildman–Crippen MR) is 63.5 cm³/mol. The third-order valence-corrected chi connectivity index (χ3v) is 2.77. The number of rotatable bonds is 4. The van der Waals surface area contributed by atoms with Gasteiger partial charge in [0.25, 0.3) is 0 Å². The molecule has 0 fully saturated rings. The molecule has 0 radical (unpaired) electrons. The Morgan fingerprint density at radius 3 is 2.71 bits per heavy atom. The summed E-state index contributed by atoms with van der Waals surface area (Å²) in [5.41, 5.74) is 3.00. The molecule has 1 aromatic rings. The van der Waals surface area contributed by atoms with Gasteiger partial charge in [-0.1, -0.05) is 27.6 Å². The lowest BCUT2D eigenvalue weighted by molar-refractivity contribution is 0.0989. The normalized spacial score (nSPS) is 10.2. The van der Waals surface area contributed by atoms with Crippen molar-refractivity contribution in [3.05, 3.63) is 34.9 Å². The van der Waals surface area contributed by atoms with Crippen molar-refractivity contribution in [3.63, 3.8) is 0 Å². The van der Waals surface area contributed by atoms with Crippen LogP contribution in [0.25, 0.3) is 0 Å². The number of carbonyl (C=O) groups excluding carboxylic acids is 1. The standard InChI is InChI=1S/C11H12BrClO/c1-8-4-9(7-12)6-10(5-8)11(14)2-3-13/h4-6H,2-3,7H2,1H3. The van der Waals surface area contributed by atoms with Crippen LogP contribution >= 0.6 is 27.5 Å². The second-order valence-corrected chi connectivity index (χ2v) is 4.14. The zero-order valence-corrected chi connectivity index (χ0v) is 10.4. The number of hydrogen-bond acceptors (Lipinski definition) is 1. The summed E-state index contributed by atoms with van der Waals surface area (Å²) in [5, 5.41) is 0.774. The minimum absolute atomic E-state index is 0.117. The van der Waals surface area contributed by atoms with E-state index in [0.29, 0.717) is 12.3 Å². The second kappa shape index (κ2) is 5.52. The Balaban J connectivity index is 2.96. The van der Waals surface area contributed by atoms with Gasteiger partial charge in [-0.2, -0.15) is 0 Å². The van der Waals surface area contributed by atoms with E-state index in [0.717, 1.165) is 22.0 Å². The van der Waals surface area contributed by atoms with Crippen LogP contribution in [-0.4, -0.2) is 11.7 Å². The average molecular weight is 276 g/mol. The van der Waals surface area contributed by atoms with Gasteiger partial charge in [-0.3, -0.25) is 4.79 Å². The molecule has 0 saturated carbocycles. The Morgan fingerprint density at radius 1 is 1.43 bits per heavy atom. The molecule has 0 N–H and O–H groups in total. The Kier molecular flexibility index (Phi) is 4.63. The molecule has 0 unspecified atom stereocenters. The zero-order chi connectivity index (χ0) is 10.6. The molecular weight excluding hydrogens is 263 g/mol. The predicted octanol–water partition coefficient (Wildman–Crippen LogP) is 3.70. The topological polar surface area (TPSA) is 17.1 Å². The van der Waals surface area contributed by atoms with Gasteiger partial charge in [-0.15, -0.1) is 11.6 Å². The van der Waals surface area contributed by atoms with Crippen molar-refractivity contribution in [1.29, 1.82) is 0 Å². The second-order valence-electron chi connectivity index (χ2n) is 3.20. The molecule has 1 aromatic carbocycles. The van der Waals surface area contributed by atoms with E-state index in [1.165, 1.54) is 0 Å². The summed E-state index contributed by atoms with van der Waals surface area (Å²) in [7, 11) is 0. The van der Waals surface area contributed by atoms with Crippen molar-refractivity contribution < 1.29 is 4.79 Å². The summed E-state index contributed by atoms with van der Waals surface area (Å²) >= 11 is 8.91. The van der Waals surface area contributed by atoms with Crippen LogP contribution in [0.2, 0.25) is 0 Å². The molecular formula is C11H12BrClO. The molecule has 76 valence electrons. The number of alkyl halides is 2. The van der Waals surface area contributed by atoms with E-state index < -0.39 is 0 Å². The minimum Gasteiger partial charge on any atom is -0.294 e. The van der Waals surface area contributed by atoms with Crippen molar-refractivity contribution >= 4 is 33.3 Å². The van der Waals surface area contributed by atoms with Crippen LogP contribution in [0, 0.1) is 6.92 Å². The molecule has 0 spiro atoms. The SMILES string of the molecule is Cc1cc(CBr)cc(C(=O)CCCl)c1. The summed E-state index contributed by atoms with van der Waals surface area (Å²) in [6, 6.07) is 5.88. The molecule has 0 atom stereocenters. The number of aryl methyl sites for hydroxylation is 1.